The van der Waals surface area contributed by atoms with Gasteiger partial charge in [0.05, 0.1) is 0 Å². The molecule has 0 fully saturated rings. The maximum absolute atomic E-state index is 14.3. The van der Waals surface area contributed by atoms with Crippen LogP contribution in [0.5, 0.6) is 11.6 Å². The molecule has 2 aromatic rings. The van der Waals surface area contributed by atoms with E-state index >= 15 is 0 Å². The number of pyridine rings is 1. The highest BCUT2D eigenvalue weighted by Gasteiger charge is 2.15. The third-order valence-electron chi connectivity index (χ3n) is 3.57. The van der Waals surface area contributed by atoms with Gasteiger partial charge in [0.25, 0.3) is 5.88 Å². The number of nitrogens with one attached hydrogen (secondary N) is 1. The Morgan fingerprint density at radius 1 is 1.29 bits per heavy atom. The molecule has 0 radical (unpaired) electrons. The number of rotatable bonds is 6. The standard InChI is InChI=1S/C17H21FN2O/c1-4-12(2)14-7-5-6-8-15(14)21-17-16(18)13(11-19-3)9-10-20-17/h5-10,12,19H,4,11H2,1-3H3. The molecule has 1 aromatic carbocycles. The molecule has 21 heavy (non-hydrogen) atoms. The Labute approximate surface area is 125 Å². The van der Waals surface area contributed by atoms with Crippen molar-refractivity contribution in [2.75, 3.05) is 7.05 Å². The number of nitrogens with zero attached hydrogens (tertiary/aromatic N) is 1. The van der Waals surface area contributed by atoms with Crippen molar-refractivity contribution >= 4 is 0 Å². The second-order valence-electron chi connectivity index (χ2n) is 5.07. The van der Waals surface area contributed by atoms with Gasteiger partial charge in [0.1, 0.15) is 5.75 Å². The van der Waals surface area contributed by atoms with E-state index in [0.717, 1.165) is 12.0 Å². The van der Waals surface area contributed by atoms with Gasteiger partial charge in [0.15, 0.2) is 5.82 Å². The summed E-state index contributed by atoms with van der Waals surface area (Å²) in [6.45, 7) is 4.69. The Hall–Kier alpha value is -1.94. The number of hydrogen-bond acceptors (Lipinski definition) is 3. The van der Waals surface area contributed by atoms with Crippen LogP contribution in [-0.2, 0) is 6.54 Å². The summed E-state index contributed by atoms with van der Waals surface area (Å²) in [6, 6.07) is 9.37. The highest BCUT2D eigenvalue weighted by Crippen LogP contribution is 2.32. The summed E-state index contributed by atoms with van der Waals surface area (Å²) in [6.07, 6.45) is 2.56. The number of para-hydroxylation sites is 1. The van der Waals surface area contributed by atoms with Gasteiger partial charge in [-0.1, -0.05) is 32.0 Å². The van der Waals surface area contributed by atoms with Crippen LogP contribution in [-0.4, -0.2) is 12.0 Å². The first-order valence-electron chi connectivity index (χ1n) is 7.22. The van der Waals surface area contributed by atoms with Crippen LogP contribution in [0, 0.1) is 5.82 Å². The lowest BCUT2D eigenvalue weighted by Crippen LogP contribution is -2.08. The average molecular weight is 288 g/mol. The Morgan fingerprint density at radius 2 is 2.05 bits per heavy atom. The second-order valence-corrected chi connectivity index (χ2v) is 5.07. The van der Waals surface area contributed by atoms with Crippen molar-refractivity contribution in [2.45, 2.75) is 32.7 Å². The van der Waals surface area contributed by atoms with Gasteiger partial charge >= 0.3 is 0 Å². The summed E-state index contributed by atoms with van der Waals surface area (Å²) < 4.78 is 20.1. The van der Waals surface area contributed by atoms with Crippen LogP contribution in [0.1, 0.15) is 37.3 Å². The van der Waals surface area contributed by atoms with E-state index in [1.165, 1.54) is 0 Å². The van der Waals surface area contributed by atoms with Gasteiger partial charge in [0.2, 0.25) is 0 Å². The maximum atomic E-state index is 14.3. The van der Waals surface area contributed by atoms with Crippen LogP contribution >= 0.6 is 0 Å². The molecule has 1 aromatic heterocycles. The highest BCUT2D eigenvalue weighted by molar-refractivity contribution is 5.39. The molecule has 0 saturated heterocycles. The minimum absolute atomic E-state index is 0.0264. The van der Waals surface area contributed by atoms with Gasteiger partial charge in [-0.15, -0.1) is 0 Å². The lowest BCUT2D eigenvalue weighted by atomic mass is 9.98. The van der Waals surface area contributed by atoms with Gasteiger partial charge < -0.3 is 10.1 Å². The quantitative estimate of drug-likeness (QED) is 0.863. The summed E-state index contributed by atoms with van der Waals surface area (Å²) in [4.78, 5) is 4.02. The third-order valence-corrected chi connectivity index (χ3v) is 3.57. The van der Waals surface area contributed by atoms with Crippen LogP contribution in [0.4, 0.5) is 4.39 Å². The number of hydrogen-bond donors (Lipinski definition) is 1. The first-order chi connectivity index (χ1) is 10.2. The first-order valence-corrected chi connectivity index (χ1v) is 7.22. The molecule has 1 heterocycles. The Bertz CT molecular complexity index is 601. The summed E-state index contributed by atoms with van der Waals surface area (Å²) in [5.41, 5.74) is 1.61. The predicted molar refractivity (Wildman–Crippen MR) is 82.2 cm³/mol. The molecular formula is C17H21FN2O. The maximum Gasteiger partial charge on any atom is 0.256 e. The Kier molecular flexibility index (Phi) is 5.28. The Morgan fingerprint density at radius 3 is 2.76 bits per heavy atom. The fourth-order valence-electron chi connectivity index (χ4n) is 2.16. The molecule has 1 atom stereocenters. The van der Waals surface area contributed by atoms with E-state index in [2.05, 4.69) is 24.1 Å². The largest absolute Gasteiger partial charge is 0.436 e. The van der Waals surface area contributed by atoms with E-state index in [4.69, 9.17) is 4.74 Å². The summed E-state index contributed by atoms with van der Waals surface area (Å²) in [5, 5.41) is 2.93. The zero-order valence-corrected chi connectivity index (χ0v) is 12.7. The van der Waals surface area contributed by atoms with Crippen LogP contribution in [0.15, 0.2) is 36.5 Å². The lowest BCUT2D eigenvalue weighted by Gasteiger charge is -2.15. The predicted octanol–water partition coefficient (Wildman–Crippen LogP) is 4.25. The molecule has 1 unspecified atom stereocenters. The molecule has 0 aliphatic carbocycles. The van der Waals surface area contributed by atoms with Crippen LogP contribution in [0.3, 0.4) is 0 Å². The fraction of sp³-hybridized carbons (Fsp3) is 0.353. The average Bonchev–Trinajstić information content (AvgIpc) is 2.51. The van der Waals surface area contributed by atoms with Gasteiger partial charge in [-0.05, 0) is 37.1 Å². The van der Waals surface area contributed by atoms with Crippen LogP contribution in [0.25, 0.3) is 0 Å². The van der Waals surface area contributed by atoms with E-state index in [0.29, 0.717) is 23.8 Å². The van der Waals surface area contributed by atoms with E-state index in [9.17, 15) is 4.39 Å². The molecule has 0 saturated carbocycles. The number of aromatic nitrogens is 1. The molecule has 1 N–H and O–H groups in total. The van der Waals surface area contributed by atoms with Crippen LogP contribution < -0.4 is 10.1 Å². The van der Waals surface area contributed by atoms with E-state index < -0.39 is 5.82 Å². The molecule has 0 aliphatic heterocycles. The van der Waals surface area contributed by atoms with Gasteiger partial charge in [0, 0.05) is 18.3 Å². The molecular weight excluding hydrogens is 267 g/mol. The minimum atomic E-state index is -0.411. The number of ether oxygens (including phenoxy) is 1. The monoisotopic (exact) mass is 288 g/mol. The molecule has 0 amide bonds. The first kappa shape index (κ1) is 15.4. The smallest absolute Gasteiger partial charge is 0.256 e. The third kappa shape index (κ3) is 3.58. The molecule has 3 nitrogen and oxygen atoms in total. The van der Waals surface area contributed by atoms with Crippen LogP contribution in [0.2, 0.25) is 0 Å². The van der Waals surface area contributed by atoms with E-state index in [1.54, 1.807) is 19.3 Å². The summed E-state index contributed by atoms with van der Waals surface area (Å²) >= 11 is 0. The van der Waals surface area contributed by atoms with Gasteiger partial charge in [-0.25, -0.2) is 9.37 Å². The van der Waals surface area contributed by atoms with E-state index in [1.807, 2.05) is 24.3 Å². The van der Waals surface area contributed by atoms with Crippen molar-refractivity contribution in [3.05, 3.63) is 53.5 Å². The van der Waals surface area contributed by atoms with Crippen molar-refractivity contribution in [1.82, 2.24) is 10.3 Å². The topological polar surface area (TPSA) is 34.1 Å². The molecule has 0 spiro atoms. The SMILES string of the molecule is CCC(C)c1ccccc1Oc1nccc(CNC)c1F. The van der Waals surface area contributed by atoms with Crippen molar-refractivity contribution in [3.63, 3.8) is 0 Å². The zero-order valence-electron chi connectivity index (χ0n) is 12.7. The molecule has 0 bridgehead atoms. The normalized spacial score (nSPS) is 12.2. The summed E-state index contributed by atoms with van der Waals surface area (Å²) in [7, 11) is 1.78. The number of benzene rings is 1. The van der Waals surface area contributed by atoms with Crippen molar-refractivity contribution in [2.24, 2.45) is 0 Å². The summed E-state index contributed by atoms with van der Waals surface area (Å²) in [5.74, 6) is 0.633. The minimum Gasteiger partial charge on any atom is -0.436 e. The van der Waals surface area contributed by atoms with Crippen molar-refractivity contribution in [1.29, 1.82) is 0 Å². The molecule has 0 aliphatic rings. The molecule has 112 valence electrons. The van der Waals surface area contributed by atoms with Crippen molar-refractivity contribution in [3.8, 4) is 11.6 Å². The van der Waals surface area contributed by atoms with Gasteiger partial charge in [-0.2, -0.15) is 0 Å². The fourth-order valence-corrected chi connectivity index (χ4v) is 2.16. The lowest BCUT2D eigenvalue weighted by molar-refractivity contribution is 0.411. The van der Waals surface area contributed by atoms with Crippen molar-refractivity contribution < 1.29 is 9.13 Å². The zero-order chi connectivity index (χ0) is 15.2. The van der Waals surface area contributed by atoms with Gasteiger partial charge in [-0.3, -0.25) is 0 Å². The second kappa shape index (κ2) is 7.18. The highest BCUT2D eigenvalue weighted by atomic mass is 19.1. The molecule has 4 heteroatoms. The number of halogens is 1. The van der Waals surface area contributed by atoms with E-state index in [-0.39, 0.29) is 5.88 Å². The molecule has 2 rings (SSSR count). The Balaban J connectivity index is 2.33.